The van der Waals surface area contributed by atoms with E-state index >= 15 is 0 Å². The molecular weight excluding hydrogens is 294 g/mol. The summed E-state index contributed by atoms with van der Waals surface area (Å²) in [5, 5.41) is 0. The molecule has 0 radical (unpaired) electrons. The van der Waals surface area contributed by atoms with Crippen molar-refractivity contribution in [3.05, 3.63) is 29.6 Å². The lowest BCUT2D eigenvalue weighted by Crippen LogP contribution is -2.34. The van der Waals surface area contributed by atoms with E-state index in [0.29, 0.717) is 23.3 Å². The van der Waals surface area contributed by atoms with Gasteiger partial charge in [-0.1, -0.05) is 19.3 Å². The van der Waals surface area contributed by atoms with Crippen LogP contribution in [-0.4, -0.2) is 15.4 Å². The molecule has 0 amide bonds. The Morgan fingerprint density at radius 1 is 1.24 bits per heavy atom. The van der Waals surface area contributed by atoms with E-state index in [2.05, 4.69) is 11.9 Å². The number of aromatic nitrogens is 2. The zero-order valence-corrected chi connectivity index (χ0v) is 12.9. The molecule has 0 atom stereocenters. The van der Waals surface area contributed by atoms with Crippen molar-refractivity contribution < 1.29 is 8.78 Å². The summed E-state index contributed by atoms with van der Waals surface area (Å²) in [5.41, 5.74) is 0.601. The maximum atomic E-state index is 14.4. The Kier molecular flexibility index (Phi) is 3.91. The van der Waals surface area contributed by atoms with Crippen molar-refractivity contribution in [1.82, 2.24) is 9.55 Å². The van der Waals surface area contributed by atoms with Crippen LogP contribution in [0.5, 0.6) is 0 Å². The molecule has 0 aliphatic heterocycles. The molecule has 1 aromatic carbocycles. The van der Waals surface area contributed by atoms with Gasteiger partial charge in [0.15, 0.2) is 11.6 Å². The summed E-state index contributed by atoms with van der Waals surface area (Å²) in [7, 11) is 0. The minimum absolute atomic E-state index is 0.205. The predicted octanol–water partition coefficient (Wildman–Crippen LogP) is 4.78. The second-order valence-corrected chi connectivity index (χ2v) is 6.47. The van der Waals surface area contributed by atoms with Crippen LogP contribution in [-0.2, 0) is 12.0 Å². The van der Waals surface area contributed by atoms with Crippen LogP contribution >= 0.6 is 11.6 Å². The Morgan fingerprint density at radius 2 is 1.95 bits per heavy atom. The number of benzene rings is 1. The first-order valence-corrected chi connectivity index (χ1v) is 8.02. The third-order valence-electron chi connectivity index (χ3n) is 4.57. The average Bonchev–Trinajstić information content (AvgIpc) is 2.84. The molecule has 2 nitrogen and oxygen atoms in total. The van der Waals surface area contributed by atoms with Gasteiger partial charge in [0, 0.05) is 17.8 Å². The first-order valence-electron chi connectivity index (χ1n) is 7.48. The van der Waals surface area contributed by atoms with Gasteiger partial charge in [-0.05, 0) is 31.9 Å². The van der Waals surface area contributed by atoms with Crippen LogP contribution in [0.15, 0.2) is 12.1 Å². The maximum absolute atomic E-state index is 14.4. The topological polar surface area (TPSA) is 17.8 Å². The summed E-state index contributed by atoms with van der Waals surface area (Å²) in [6.07, 6.45) is 5.89. The molecular formula is C16H19ClF2N2. The lowest BCUT2D eigenvalue weighted by Gasteiger charge is -2.37. The highest BCUT2D eigenvalue weighted by Crippen LogP contribution is 2.39. The molecule has 114 valence electrons. The van der Waals surface area contributed by atoms with Crippen LogP contribution < -0.4 is 0 Å². The van der Waals surface area contributed by atoms with Gasteiger partial charge in [0.2, 0.25) is 0 Å². The molecule has 21 heavy (non-hydrogen) atoms. The third-order valence-corrected chi connectivity index (χ3v) is 4.76. The van der Waals surface area contributed by atoms with Crippen LogP contribution in [0.4, 0.5) is 8.78 Å². The van der Waals surface area contributed by atoms with E-state index in [1.807, 2.05) is 4.57 Å². The Morgan fingerprint density at radius 3 is 2.62 bits per heavy atom. The lowest BCUT2D eigenvalue weighted by atomic mass is 9.82. The highest BCUT2D eigenvalue weighted by Gasteiger charge is 2.33. The van der Waals surface area contributed by atoms with Crippen LogP contribution in [0.25, 0.3) is 11.0 Å². The van der Waals surface area contributed by atoms with E-state index in [-0.39, 0.29) is 5.54 Å². The molecule has 0 bridgehead atoms. The number of imidazole rings is 1. The minimum Gasteiger partial charge on any atom is -0.320 e. The predicted molar refractivity (Wildman–Crippen MR) is 80.8 cm³/mol. The van der Waals surface area contributed by atoms with E-state index in [0.717, 1.165) is 37.6 Å². The van der Waals surface area contributed by atoms with Crippen LogP contribution in [0.2, 0.25) is 0 Å². The van der Waals surface area contributed by atoms with Gasteiger partial charge in [0.05, 0.1) is 5.52 Å². The molecule has 0 unspecified atom stereocenters. The Bertz CT molecular complexity index is 660. The molecule has 0 saturated heterocycles. The van der Waals surface area contributed by atoms with E-state index in [4.69, 9.17) is 11.6 Å². The Balaban J connectivity index is 2.26. The first-order chi connectivity index (χ1) is 10.1. The number of fused-ring (bicyclic) bond motifs is 1. The highest BCUT2D eigenvalue weighted by atomic mass is 35.5. The molecule has 1 fully saturated rings. The monoisotopic (exact) mass is 312 g/mol. The number of halogens is 3. The molecule has 1 heterocycles. The fourth-order valence-corrected chi connectivity index (χ4v) is 3.69. The number of hydrogen-bond donors (Lipinski definition) is 0. The fourth-order valence-electron chi connectivity index (χ4n) is 3.52. The maximum Gasteiger partial charge on any atom is 0.184 e. The summed E-state index contributed by atoms with van der Waals surface area (Å²) in [6.45, 7) is 2.12. The summed E-state index contributed by atoms with van der Waals surface area (Å²) in [5.74, 6) is -0.439. The number of hydrogen-bond acceptors (Lipinski definition) is 1. The standard InChI is InChI=1S/C16H19ClF2N2/c1-16(8-3-2-4-9-16)21-13(7-10-17)20-12-6-5-11(18)14(19)15(12)21/h5-6H,2-4,7-10H2,1H3. The van der Waals surface area contributed by atoms with Gasteiger partial charge >= 0.3 is 0 Å². The van der Waals surface area contributed by atoms with E-state index in [1.165, 1.54) is 6.42 Å². The van der Waals surface area contributed by atoms with Crippen molar-refractivity contribution in [2.45, 2.75) is 51.0 Å². The molecule has 0 N–H and O–H groups in total. The number of rotatable bonds is 3. The van der Waals surface area contributed by atoms with Gasteiger partial charge in [0.25, 0.3) is 0 Å². The SMILES string of the molecule is CC1(n2c(CCCl)nc3ccc(F)c(F)c32)CCCCC1. The van der Waals surface area contributed by atoms with Gasteiger partial charge in [-0.3, -0.25) is 0 Å². The molecule has 1 saturated carbocycles. The largest absolute Gasteiger partial charge is 0.320 e. The van der Waals surface area contributed by atoms with Crippen molar-refractivity contribution in [3.63, 3.8) is 0 Å². The molecule has 1 aromatic heterocycles. The quantitative estimate of drug-likeness (QED) is 0.746. The van der Waals surface area contributed by atoms with Gasteiger partial charge in [-0.2, -0.15) is 0 Å². The van der Waals surface area contributed by atoms with Gasteiger partial charge in [-0.25, -0.2) is 13.8 Å². The van der Waals surface area contributed by atoms with E-state index < -0.39 is 11.6 Å². The van der Waals surface area contributed by atoms with Crippen molar-refractivity contribution in [2.75, 3.05) is 5.88 Å². The number of nitrogens with zero attached hydrogens (tertiary/aromatic N) is 2. The van der Waals surface area contributed by atoms with E-state index in [1.54, 1.807) is 6.07 Å². The zero-order chi connectivity index (χ0) is 15.0. The summed E-state index contributed by atoms with van der Waals surface area (Å²) < 4.78 is 30.0. The van der Waals surface area contributed by atoms with E-state index in [9.17, 15) is 8.78 Å². The smallest absolute Gasteiger partial charge is 0.184 e. The van der Waals surface area contributed by atoms with Gasteiger partial charge in [0.1, 0.15) is 11.3 Å². The normalized spacial score (nSPS) is 18.3. The number of aryl methyl sites for hydroxylation is 1. The summed E-state index contributed by atoms with van der Waals surface area (Å²) in [4.78, 5) is 4.50. The molecule has 3 rings (SSSR count). The third kappa shape index (κ3) is 2.44. The van der Waals surface area contributed by atoms with Crippen molar-refractivity contribution >= 4 is 22.6 Å². The molecule has 1 aliphatic carbocycles. The Hall–Kier alpha value is -1.16. The van der Waals surface area contributed by atoms with Crippen molar-refractivity contribution in [2.24, 2.45) is 0 Å². The zero-order valence-electron chi connectivity index (χ0n) is 12.1. The number of alkyl halides is 1. The lowest BCUT2D eigenvalue weighted by molar-refractivity contribution is 0.218. The first kappa shape index (κ1) is 14.8. The Labute approximate surface area is 128 Å². The molecule has 5 heteroatoms. The summed E-state index contributed by atoms with van der Waals surface area (Å²) >= 11 is 5.87. The highest BCUT2D eigenvalue weighted by molar-refractivity contribution is 6.17. The average molecular weight is 313 g/mol. The van der Waals surface area contributed by atoms with Crippen LogP contribution in [0.1, 0.15) is 44.9 Å². The molecule has 1 aliphatic rings. The second kappa shape index (κ2) is 5.56. The minimum atomic E-state index is -0.819. The second-order valence-electron chi connectivity index (χ2n) is 6.09. The van der Waals surface area contributed by atoms with Gasteiger partial charge in [-0.15, -0.1) is 11.6 Å². The van der Waals surface area contributed by atoms with Crippen molar-refractivity contribution in [1.29, 1.82) is 0 Å². The molecule has 0 spiro atoms. The fraction of sp³-hybridized carbons (Fsp3) is 0.562. The van der Waals surface area contributed by atoms with Crippen LogP contribution in [0, 0.1) is 11.6 Å². The molecule has 2 aromatic rings. The van der Waals surface area contributed by atoms with Crippen molar-refractivity contribution in [3.8, 4) is 0 Å². The van der Waals surface area contributed by atoms with Crippen LogP contribution in [0.3, 0.4) is 0 Å². The van der Waals surface area contributed by atoms with Gasteiger partial charge < -0.3 is 4.57 Å². The summed E-state index contributed by atoms with van der Waals surface area (Å²) in [6, 6.07) is 2.69.